The molecule has 0 saturated heterocycles. The number of aromatic nitrogens is 5. The third kappa shape index (κ3) is 3.60. The molecule has 0 radical (unpaired) electrons. The number of nitrogens with one attached hydrogen (secondary N) is 1. The molecule has 0 bridgehead atoms. The predicted molar refractivity (Wildman–Crippen MR) is 97.2 cm³/mol. The topological polar surface area (TPSA) is 103 Å². The van der Waals surface area contributed by atoms with Crippen molar-refractivity contribution in [2.75, 3.05) is 12.4 Å². The molecule has 1 saturated carbocycles. The molecule has 3 aromatic rings. The molecule has 0 spiro atoms. The van der Waals surface area contributed by atoms with E-state index in [0.717, 1.165) is 18.9 Å². The van der Waals surface area contributed by atoms with Crippen molar-refractivity contribution in [1.29, 1.82) is 0 Å². The van der Waals surface area contributed by atoms with E-state index in [0.29, 0.717) is 16.8 Å². The van der Waals surface area contributed by atoms with Crippen LogP contribution < -0.4 is 5.32 Å². The Bertz CT molecular complexity index is 1150. The summed E-state index contributed by atoms with van der Waals surface area (Å²) < 4.78 is 47.2. The van der Waals surface area contributed by atoms with Crippen LogP contribution in [-0.2, 0) is 17.5 Å². The zero-order valence-corrected chi connectivity index (χ0v) is 16.0. The summed E-state index contributed by atoms with van der Waals surface area (Å²) in [6.07, 6.45) is -1.69. The Balaban J connectivity index is 1.71. The number of aryl methyl sites for hydroxylation is 1. The molecule has 1 fully saturated rings. The second kappa shape index (κ2) is 7.11. The van der Waals surface area contributed by atoms with Gasteiger partial charge in [-0.25, -0.2) is 14.3 Å². The van der Waals surface area contributed by atoms with Crippen molar-refractivity contribution in [3.05, 3.63) is 41.1 Å². The Labute approximate surface area is 167 Å². The van der Waals surface area contributed by atoms with Crippen LogP contribution in [0.2, 0.25) is 0 Å². The van der Waals surface area contributed by atoms with Gasteiger partial charge in [0.15, 0.2) is 17.0 Å². The Hall–Kier alpha value is -3.44. The van der Waals surface area contributed by atoms with E-state index >= 15 is 0 Å². The Kier molecular flexibility index (Phi) is 4.71. The molecule has 3 aromatic heterocycles. The lowest BCUT2D eigenvalue weighted by molar-refractivity contribution is -0.142. The number of methoxy groups -OCH3 is 1. The highest BCUT2D eigenvalue weighted by molar-refractivity contribution is 6.06. The fraction of sp³-hybridized carbons (Fsp3) is 0.389. The van der Waals surface area contributed by atoms with Gasteiger partial charge in [0.2, 0.25) is 0 Å². The van der Waals surface area contributed by atoms with Gasteiger partial charge in [-0.05, 0) is 25.8 Å². The largest absolute Gasteiger partial charge is 0.464 e. The number of hydrogen-bond acceptors (Lipinski definition) is 6. The molecule has 1 aliphatic rings. The molecule has 1 N–H and O–H groups in total. The third-order valence-corrected chi connectivity index (χ3v) is 4.68. The fourth-order valence-electron chi connectivity index (χ4n) is 3.00. The molecule has 9 nitrogen and oxygen atoms in total. The van der Waals surface area contributed by atoms with Crippen molar-refractivity contribution in [2.24, 2.45) is 0 Å². The number of carbonyl (C=O) groups excluding carboxylic acids is 2. The Morgan fingerprint density at radius 3 is 2.60 bits per heavy atom. The van der Waals surface area contributed by atoms with Gasteiger partial charge in [-0.2, -0.15) is 23.4 Å². The smallest absolute Gasteiger partial charge is 0.433 e. The van der Waals surface area contributed by atoms with E-state index in [9.17, 15) is 22.8 Å². The number of fused-ring (bicyclic) bond motifs is 1. The van der Waals surface area contributed by atoms with Crippen LogP contribution in [0.5, 0.6) is 0 Å². The van der Waals surface area contributed by atoms with E-state index in [2.05, 4.69) is 25.2 Å². The van der Waals surface area contributed by atoms with Crippen LogP contribution in [0.25, 0.3) is 5.65 Å². The van der Waals surface area contributed by atoms with Crippen molar-refractivity contribution >= 4 is 23.2 Å². The fourth-order valence-corrected chi connectivity index (χ4v) is 3.00. The quantitative estimate of drug-likeness (QED) is 0.635. The SMILES string of the molecule is CCn1cc(NC(=O)c2cc3nc(C4CC4)cc(C(F)(F)F)n3n2)c(C(=O)OC)n1. The van der Waals surface area contributed by atoms with E-state index in [1.54, 1.807) is 6.92 Å². The van der Waals surface area contributed by atoms with Gasteiger partial charge in [-0.1, -0.05) is 0 Å². The molecule has 3 heterocycles. The molecular weight excluding hydrogens is 405 g/mol. The zero-order chi connectivity index (χ0) is 21.6. The summed E-state index contributed by atoms with van der Waals surface area (Å²) in [5.41, 5.74) is -1.08. The molecule has 0 unspecified atom stereocenters. The lowest BCUT2D eigenvalue weighted by atomic mass is 10.2. The van der Waals surface area contributed by atoms with Gasteiger partial charge in [-0.15, -0.1) is 0 Å². The van der Waals surface area contributed by atoms with E-state index in [1.165, 1.54) is 24.1 Å². The monoisotopic (exact) mass is 422 g/mol. The number of hydrogen-bond donors (Lipinski definition) is 1. The number of amides is 1. The molecular formula is C18H17F3N6O3. The summed E-state index contributed by atoms with van der Waals surface area (Å²) in [4.78, 5) is 28.8. The average molecular weight is 422 g/mol. The maximum absolute atomic E-state index is 13.5. The summed E-state index contributed by atoms with van der Waals surface area (Å²) in [6.45, 7) is 2.21. The maximum atomic E-state index is 13.5. The van der Waals surface area contributed by atoms with E-state index in [1.807, 2.05) is 0 Å². The normalized spacial score (nSPS) is 14.2. The Morgan fingerprint density at radius 2 is 2.00 bits per heavy atom. The number of nitrogens with zero attached hydrogens (tertiary/aromatic N) is 5. The van der Waals surface area contributed by atoms with Crippen molar-refractivity contribution in [3.8, 4) is 0 Å². The summed E-state index contributed by atoms with van der Waals surface area (Å²) in [7, 11) is 1.17. The number of alkyl halides is 3. The molecule has 158 valence electrons. The standard InChI is InChI=1S/C18H17F3N6O3/c1-3-26-8-12(15(25-26)17(29)30-2)23-16(28)11-7-14-22-10(9-4-5-9)6-13(18(19,20)21)27(14)24-11/h6-9H,3-5H2,1-2H3,(H,23,28). The van der Waals surface area contributed by atoms with Crippen molar-refractivity contribution in [1.82, 2.24) is 24.4 Å². The number of ether oxygens (including phenoxy) is 1. The number of anilines is 1. The molecule has 0 aliphatic heterocycles. The Morgan fingerprint density at radius 1 is 1.27 bits per heavy atom. The molecule has 0 aromatic carbocycles. The first-order chi connectivity index (χ1) is 14.2. The third-order valence-electron chi connectivity index (χ3n) is 4.68. The maximum Gasteiger partial charge on any atom is 0.433 e. The molecule has 12 heteroatoms. The van der Waals surface area contributed by atoms with Gasteiger partial charge < -0.3 is 10.1 Å². The molecule has 0 atom stereocenters. The van der Waals surface area contributed by atoms with Crippen LogP contribution in [0.3, 0.4) is 0 Å². The van der Waals surface area contributed by atoms with Crippen LogP contribution in [0, 0.1) is 0 Å². The highest BCUT2D eigenvalue weighted by Gasteiger charge is 2.37. The predicted octanol–water partition coefficient (Wildman–Crippen LogP) is 2.88. The molecule has 30 heavy (non-hydrogen) atoms. The van der Waals surface area contributed by atoms with E-state index < -0.39 is 23.7 Å². The van der Waals surface area contributed by atoms with Crippen molar-refractivity contribution in [2.45, 2.75) is 38.4 Å². The number of halogens is 3. The van der Waals surface area contributed by atoms with Crippen LogP contribution in [0.4, 0.5) is 18.9 Å². The number of rotatable bonds is 5. The summed E-state index contributed by atoms with van der Waals surface area (Å²) in [5, 5.41) is 10.3. The lowest BCUT2D eigenvalue weighted by Crippen LogP contribution is -2.17. The lowest BCUT2D eigenvalue weighted by Gasteiger charge is -2.10. The van der Waals surface area contributed by atoms with Crippen LogP contribution in [-0.4, -0.2) is 43.4 Å². The van der Waals surface area contributed by atoms with Gasteiger partial charge in [-0.3, -0.25) is 9.48 Å². The first-order valence-electron chi connectivity index (χ1n) is 9.16. The minimum Gasteiger partial charge on any atom is -0.464 e. The minimum absolute atomic E-state index is 0.00854. The average Bonchev–Trinajstić information content (AvgIpc) is 3.33. The van der Waals surface area contributed by atoms with Crippen LogP contribution in [0.1, 0.15) is 58.0 Å². The highest BCUT2D eigenvalue weighted by Crippen LogP contribution is 2.41. The zero-order valence-electron chi connectivity index (χ0n) is 16.0. The summed E-state index contributed by atoms with van der Waals surface area (Å²) in [5.74, 6) is -1.57. The van der Waals surface area contributed by atoms with Crippen LogP contribution >= 0.6 is 0 Å². The molecule has 1 aliphatic carbocycles. The molecule has 1 amide bonds. The van der Waals surface area contributed by atoms with E-state index in [-0.39, 0.29) is 28.6 Å². The number of esters is 1. The second-order valence-electron chi connectivity index (χ2n) is 6.83. The first-order valence-corrected chi connectivity index (χ1v) is 9.16. The molecule has 4 rings (SSSR count). The van der Waals surface area contributed by atoms with Gasteiger partial charge in [0.05, 0.1) is 12.8 Å². The summed E-state index contributed by atoms with van der Waals surface area (Å²) >= 11 is 0. The van der Waals surface area contributed by atoms with Crippen molar-refractivity contribution in [3.63, 3.8) is 0 Å². The highest BCUT2D eigenvalue weighted by atomic mass is 19.4. The first kappa shape index (κ1) is 19.9. The van der Waals surface area contributed by atoms with Crippen LogP contribution in [0.15, 0.2) is 18.3 Å². The van der Waals surface area contributed by atoms with Gasteiger partial charge in [0, 0.05) is 30.4 Å². The van der Waals surface area contributed by atoms with Crippen molar-refractivity contribution < 1.29 is 27.5 Å². The van der Waals surface area contributed by atoms with Gasteiger partial charge >= 0.3 is 12.1 Å². The second-order valence-corrected chi connectivity index (χ2v) is 6.83. The number of carbonyl (C=O) groups is 2. The minimum atomic E-state index is -4.66. The van der Waals surface area contributed by atoms with Gasteiger partial charge in [0.25, 0.3) is 5.91 Å². The van der Waals surface area contributed by atoms with Gasteiger partial charge in [0.1, 0.15) is 5.69 Å². The van der Waals surface area contributed by atoms with E-state index in [4.69, 9.17) is 0 Å². The summed E-state index contributed by atoms with van der Waals surface area (Å²) in [6, 6.07) is 2.15.